The quantitative estimate of drug-likeness (QED) is 0.399. The summed E-state index contributed by atoms with van der Waals surface area (Å²) in [6.45, 7) is 5.80. The molecule has 162 valence electrons. The average Bonchev–Trinajstić information content (AvgIpc) is 3.49. The normalized spacial score (nSPS) is 13.8. The van der Waals surface area contributed by atoms with Crippen LogP contribution < -0.4 is 20.7 Å². The molecular formula is C22H31N5O2S. The van der Waals surface area contributed by atoms with Crippen LogP contribution in [0.4, 0.5) is 0 Å². The summed E-state index contributed by atoms with van der Waals surface area (Å²) in [6.07, 6.45) is 3.92. The van der Waals surface area contributed by atoms with Crippen LogP contribution in [0.1, 0.15) is 34.0 Å². The van der Waals surface area contributed by atoms with Crippen molar-refractivity contribution in [2.75, 3.05) is 26.7 Å². The maximum Gasteiger partial charge on any atom is 0.258 e. The number of ether oxygens (including phenoxy) is 1. The van der Waals surface area contributed by atoms with Gasteiger partial charge in [0.25, 0.3) is 5.91 Å². The lowest BCUT2D eigenvalue weighted by Gasteiger charge is -2.12. The van der Waals surface area contributed by atoms with Gasteiger partial charge in [0.2, 0.25) is 0 Å². The third kappa shape index (κ3) is 7.33. The number of hydrogen-bond acceptors (Lipinski definition) is 5. The standard InChI is InChI=1S/C22H31N5O2S/c1-15-16(2)30-21(26-15)11-13-25-22(23-3)24-12-10-17-4-8-19(9-5-17)29-14-20(28)27-18-6-7-18/h4-5,8-9,18H,6-7,10-14H2,1-3H3,(H,27,28)(H2,23,24,25). The molecular weight excluding hydrogens is 398 g/mol. The Balaban J connectivity index is 1.32. The van der Waals surface area contributed by atoms with Gasteiger partial charge in [0.15, 0.2) is 12.6 Å². The highest BCUT2D eigenvalue weighted by atomic mass is 32.1. The van der Waals surface area contributed by atoms with E-state index < -0.39 is 0 Å². The van der Waals surface area contributed by atoms with E-state index in [1.807, 2.05) is 31.2 Å². The van der Waals surface area contributed by atoms with Gasteiger partial charge in [0.05, 0.1) is 10.7 Å². The number of hydrogen-bond donors (Lipinski definition) is 3. The predicted molar refractivity (Wildman–Crippen MR) is 121 cm³/mol. The van der Waals surface area contributed by atoms with Gasteiger partial charge in [0, 0.05) is 37.5 Å². The first-order valence-electron chi connectivity index (χ1n) is 10.4. The zero-order chi connectivity index (χ0) is 21.3. The maximum absolute atomic E-state index is 11.7. The molecule has 1 fully saturated rings. The van der Waals surface area contributed by atoms with Gasteiger partial charge >= 0.3 is 0 Å². The van der Waals surface area contributed by atoms with E-state index in [0.29, 0.717) is 11.8 Å². The molecule has 3 rings (SSSR count). The van der Waals surface area contributed by atoms with Gasteiger partial charge in [-0.05, 0) is 50.8 Å². The average molecular weight is 430 g/mol. The van der Waals surface area contributed by atoms with E-state index in [2.05, 4.69) is 32.9 Å². The molecule has 8 heteroatoms. The van der Waals surface area contributed by atoms with Crippen molar-refractivity contribution in [3.05, 3.63) is 45.4 Å². The third-order valence-electron chi connectivity index (χ3n) is 4.87. The van der Waals surface area contributed by atoms with Gasteiger partial charge < -0.3 is 20.7 Å². The molecule has 7 nitrogen and oxygen atoms in total. The summed E-state index contributed by atoms with van der Waals surface area (Å²) in [4.78, 5) is 21.8. The Morgan fingerprint density at radius 2 is 1.87 bits per heavy atom. The molecule has 1 aliphatic carbocycles. The Morgan fingerprint density at radius 1 is 1.17 bits per heavy atom. The first kappa shape index (κ1) is 22.1. The first-order valence-corrected chi connectivity index (χ1v) is 11.2. The van der Waals surface area contributed by atoms with Crippen molar-refractivity contribution in [1.82, 2.24) is 20.9 Å². The van der Waals surface area contributed by atoms with E-state index in [-0.39, 0.29) is 12.5 Å². The largest absolute Gasteiger partial charge is 0.484 e. The number of amides is 1. The second-order valence-electron chi connectivity index (χ2n) is 7.45. The van der Waals surface area contributed by atoms with Crippen molar-refractivity contribution in [3.63, 3.8) is 0 Å². The highest BCUT2D eigenvalue weighted by Gasteiger charge is 2.23. The van der Waals surface area contributed by atoms with Gasteiger partial charge in [-0.25, -0.2) is 4.98 Å². The van der Waals surface area contributed by atoms with Crippen LogP contribution >= 0.6 is 11.3 Å². The van der Waals surface area contributed by atoms with Crippen molar-refractivity contribution in [3.8, 4) is 5.75 Å². The lowest BCUT2D eigenvalue weighted by molar-refractivity contribution is -0.123. The summed E-state index contributed by atoms with van der Waals surface area (Å²) < 4.78 is 5.54. The minimum atomic E-state index is -0.0511. The molecule has 2 aromatic rings. The number of aliphatic imine (C=N–C) groups is 1. The first-order chi connectivity index (χ1) is 14.5. The Kier molecular flexibility index (Phi) is 8.07. The summed E-state index contributed by atoms with van der Waals surface area (Å²) in [5.74, 6) is 1.45. The van der Waals surface area contributed by atoms with Gasteiger partial charge in [-0.1, -0.05) is 12.1 Å². The smallest absolute Gasteiger partial charge is 0.258 e. The molecule has 0 spiro atoms. The van der Waals surface area contributed by atoms with Crippen LogP contribution in [0.5, 0.6) is 5.75 Å². The molecule has 0 unspecified atom stereocenters. The Morgan fingerprint density at radius 3 is 2.47 bits per heavy atom. The van der Waals surface area contributed by atoms with E-state index in [9.17, 15) is 4.79 Å². The molecule has 3 N–H and O–H groups in total. The molecule has 1 aromatic carbocycles. The molecule has 0 atom stereocenters. The number of nitrogens with one attached hydrogen (secondary N) is 3. The highest BCUT2D eigenvalue weighted by molar-refractivity contribution is 7.11. The maximum atomic E-state index is 11.7. The van der Waals surface area contributed by atoms with E-state index in [4.69, 9.17) is 4.74 Å². The molecule has 0 bridgehead atoms. The highest BCUT2D eigenvalue weighted by Crippen LogP contribution is 2.18. The number of guanidine groups is 1. The second kappa shape index (κ2) is 11.0. The summed E-state index contributed by atoms with van der Waals surface area (Å²) in [6, 6.07) is 8.23. The Labute approximate surface area is 182 Å². The topological polar surface area (TPSA) is 87.6 Å². The van der Waals surface area contributed by atoms with Crippen LogP contribution in [0.25, 0.3) is 0 Å². The van der Waals surface area contributed by atoms with Crippen molar-refractivity contribution in [2.24, 2.45) is 4.99 Å². The van der Waals surface area contributed by atoms with Gasteiger partial charge in [0.1, 0.15) is 5.75 Å². The molecule has 1 heterocycles. The van der Waals surface area contributed by atoms with Crippen LogP contribution in [0.3, 0.4) is 0 Å². The van der Waals surface area contributed by atoms with Crippen molar-refractivity contribution < 1.29 is 9.53 Å². The van der Waals surface area contributed by atoms with Crippen LogP contribution in [-0.2, 0) is 17.6 Å². The third-order valence-corrected chi connectivity index (χ3v) is 6.00. The molecule has 30 heavy (non-hydrogen) atoms. The van der Waals surface area contributed by atoms with E-state index >= 15 is 0 Å². The lowest BCUT2D eigenvalue weighted by Crippen LogP contribution is -2.39. The zero-order valence-electron chi connectivity index (χ0n) is 18.0. The van der Waals surface area contributed by atoms with Gasteiger partial charge in [-0.3, -0.25) is 9.79 Å². The molecule has 1 amide bonds. The minimum Gasteiger partial charge on any atom is -0.484 e. The van der Waals surface area contributed by atoms with E-state index in [0.717, 1.165) is 55.4 Å². The molecule has 1 aliphatic rings. The number of rotatable bonds is 10. The van der Waals surface area contributed by atoms with Crippen LogP contribution in [-0.4, -0.2) is 49.6 Å². The number of thiazole rings is 1. The van der Waals surface area contributed by atoms with E-state index in [1.165, 1.54) is 10.4 Å². The monoisotopic (exact) mass is 429 g/mol. The lowest BCUT2D eigenvalue weighted by atomic mass is 10.1. The number of carbonyl (C=O) groups excluding carboxylic acids is 1. The fraction of sp³-hybridized carbons (Fsp3) is 0.500. The van der Waals surface area contributed by atoms with Crippen molar-refractivity contribution in [2.45, 2.75) is 45.6 Å². The van der Waals surface area contributed by atoms with Gasteiger partial charge in [-0.15, -0.1) is 11.3 Å². The number of aromatic nitrogens is 1. The predicted octanol–water partition coefficient (Wildman–Crippen LogP) is 2.37. The fourth-order valence-corrected chi connectivity index (χ4v) is 3.81. The summed E-state index contributed by atoms with van der Waals surface area (Å²) in [5, 5.41) is 10.7. The minimum absolute atomic E-state index is 0.0511. The van der Waals surface area contributed by atoms with Crippen molar-refractivity contribution in [1.29, 1.82) is 0 Å². The SMILES string of the molecule is CN=C(NCCc1ccc(OCC(=O)NC2CC2)cc1)NCCc1nc(C)c(C)s1. The van der Waals surface area contributed by atoms with Crippen LogP contribution in [0.15, 0.2) is 29.3 Å². The van der Waals surface area contributed by atoms with Gasteiger partial charge in [-0.2, -0.15) is 0 Å². The molecule has 0 saturated heterocycles. The second-order valence-corrected chi connectivity index (χ2v) is 8.74. The van der Waals surface area contributed by atoms with Crippen molar-refractivity contribution >= 4 is 23.2 Å². The summed E-state index contributed by atoms with van der Waals surface area (Å²) >= 11 is 1.76. The Bertz CT molecular complexity index is 839. The fourth-order valence-electron chi connectivity index (χ4n) is 2.88. The molecule has 0 aliphatic heterocycles. The number of nitrogens with zero attached hydrogens (tertiary/aromatic N) is 2. The Hall–Kier alpha value is -2.61. The zero-order valence-corrected chi connectivity index (χ0v) is 18.8. The molecule has 1 saturated carbocycles. The van der Waals surface area contributed by atoms with Crippen LogP contribution in [0.2, 0.25) is 0 Å². The number of carbonyl (C=O) groups is 1. The summed E-state index contributed by atoms with van der Waals surface area (Å²) in [5.41, 5.74) is 2.32. The van der Waals surface area contributed by atoms with E-state index in [1.54, 1.807) is 18.4 Å². The van der Waals surface area contributed by atoms with Crippen LogP contribution in [0, 0.1) is 13.8 Å². The molecule has 1 aromatic heterocycles. The number of aryl methyl sites for hydroxylation is 2. The molecule has 0 radical (unpaired) electrons. The number of benzene rings is 1. The summed E-state index contributed by atoms with van der Waals surface area (Å²) in [7, 11) is 1.78.